The summed E-state index contributed by atoms with van der Waals surface area (Å²) in [7, 11) is 3.29. The van der Waals surface area contributed by atoms with Crippen molar-refractivity contribution in [2.45, 2.75) is 25.2 Å². The molecule has 132 valence electrons. The molecular weight excluding hydrogens is 356 g/mol. The van der Waals surface area contributed by atoms with Crippen LogP contribution in [0.4, 0.5) is 5.69 Å². The number of carbonyl (C=O) groups is 1. The first-order valence-corrected chi connectivity index (χ1v) is 9.30. The highest BCUT2D eigenvalue weighted by Gasteiger charge is 2.33. The van der Waals surface area contributed by atoms with Crippen molar-refractivity contribution < 1.29 is 14.3 Å². The van der Waals surface area contributed by atoms with Gasteiger partial charge in [-0.2, -0.15) is 0 Å². The van der Waals surface area contributed by atoms with E-state index in [4.69, 9.17) is 21.7 Å². The van der Waals surface area contributed by atoms with Gasteiger partial charge in [0, 0.05) is 30.1 Å². The molecule has 0 radical (unpaired) electrons. The van der Waals surface area contributed by atoms with Crippen LogP contribution in [0.5, 0.6) is 5.75 Å². The van der Waals surface area contributed by atoms with Gasteiger partial charge in [-0.1, -0.05) is 18.7 Å². The number of hydrogen-bond donors (Lipinski definition) is 0. The van der Waals surface area contributed by atoms with Gasteiger partial charge in [0.15, 0.2) is 5.76 Å². The predicted molar refractivity (Wildman–Crippen MR) is 104 cm³/mol. The van der Waals surface area contributed by atoms with E-state index in [-0.39, 0.29) is 11.1 Å². The molecule has 0 aromatic heterocycles. The van der Waals surface area contributed by atoms with E-state index in [1.54, 1.807) is 25.9 Å². The quantitative estimate of drug-likeness (QED) is 0.586. The summed E-state index contributed by atoms with van der Waals surface area (Å²) in [6, 6.07) is 6.05. The molecule has 1 fully saturated rings. The molecule has 0 saturated carbocycles. The molecule has 0 spiro atoms. The largest absolute Gasteiger partial charge is 0.497 e. The van der Waals surface area contributed by atoms with E-state index in [1.165, 1.54) is 9.80 Å². The first-order chi connectivity index (χ1) is 12.0. The average molecular weight is 377 g/mol. The molecule has 2 aliphatic rings. The van der Waals surface area contributed by atoms with E-state index in [1.807, 2.05) is 25.1 Å². The van der Waals surface area contributed by atoms with Crippen LogP contribution in [0, 0.1) is 0 Å². The van der Waals surface area contributed by atoms with Gasteiger partial charge in [-0.05, 0) is 43.8 Å². The lowest BCUT2D eigenvalue weighted by molar-refractivity contribution is -0.122. The summed E-state index contributed by atoms with van der Waals surface area (Å²) in [5.41, 5.74) is 1.96. The molecule has 0 aliphatic carbocycles. The second-order valence-corrected chi connectivity index (χ2v) is 7.01. The average Bonchev–Trinajstić information content (AvgIpc) is 3.10. The van der Waals surface area contributed by atoms with E-state index in [0.29, 0.717) is 12.2 Å². The number of anilines is 1. The summed E-state index contributed by atoms with van der Waals surface area (Å²) in [6.07, 6.45) is 2.70. The number of fused-ring (bicyclic) bond motifs is 1. The van der Waals surface area contributed by atoms with E-state index < -0.39 is 0 Å². The second kappa shape index (κ2) is 7.09. The van der Waals surface area contributed by atoms with Crippen molar-refractivity contribution in [2.24, 2.45) is 0 Å². The van der Waals surface area contributed by atoms with Gasteiger partial charge in [-0.25, -0.2) is 0 Å². The normalized spacial score (nSPS) is 20.2. The molecule has 0 unspecified atom stereocenters. The van der Waals surface area contributed by atoms with Crippen LogP contribution in [-0.2, 0) is 9.53 Å². The fraction of sp³-hybridized carbons (Fsp3) is 0.333. The highest BCUT2D eigenvalue weighted by atomic mass is 32.2. The van der Waals surface area contributed by atoms with E-state index >= 15 is 0 Å². The van der Waals surface area contributed by atoms with Crippen LogP contribution in [0.1, 0.15) is 20.3 Å². The van der Waals surface area contributed by atoms with Gasteiger partial charge in [-0.15, -0.1) is 0 Å². The second-order valence-electron chi connectivity index (χ2n) is 5.60. The SMILES string of the molecule is CCC(/C=C1\Sc2ccc(OC)cc2N1CC)=C1\OC(=S)N(C)C1=O. The number of thiocarbonyl (C=S) groups is 1. The third-order valence-electron chi connectivity index (χ3n) is 4.19. The fourth-order valence-corrected chi connectivity index (χ4v) is 4.10. The third kappa shape index (κ3) is 3.14. The number of carbonyl (C=O) groups excluding carboxylic acids is 1. The minimum Gasteiger partial charge on any atom is -0.497 e. The van der Waals surface area contributed by atoms with Crippen LogP contribution in [0.3, 0.4) is 0 Å². The molecular formula is C18H20N2O3S2. The topological polar surface area (TPSA) is 42.0 Å². The van der Waals surface area contributed by atoms with Crippen LogP contribution in [0.2, 0.25) is 0 Å². The van der Waals surface area contributed by atoms with Crippen LogP contribution in [0.25, 0.3) is 0 Å². The highest BCUT2D eigenvalue weighted by Crippen LogP contribution is 2.47. The van der Waals surface area contributed by atoms with Crippen LogP contribution in [0.15, 0.2) is 45.5 Å². The zero-order chi connectivity index (χ0) is 18.1. The van der Waals surface area contributed by atoms with Crippen molar-refractivity contribution in [3.05, 3.63) is 40.6 Å². The summed E-state index contributed by atoms with van der Waals surface area (Å²) in [4.78, 5) is 17.1. The molecule has 2 aliphatic heterocycles. The smallest absolute Gasteiger partial charge is 0.297 e. The van der Waals surface area contributed by atoms with Crippen LogP contribution >= 0.6 is 24.0 Å². The molecule has 2 heterocycles. The maximum atomic E-state index is 12.3. The molecule has 1 amide bonds. The molecule has 25 heavy (non-hydrogen) atoms. The molecule has 5 nitrogen and oxygen atoms in total. The first kappa shape index (κ1) is 17.8. The summed E-state index contributed by atoms with van der Waals surface area (Å²) in [5.74, 6) is 0.964. The number of allylic oxidation sites excluding steroid dienone is 2. The lowest BCUT2D eigenvalue weighted by atomic mass is 10.1. The predicted octanol–water partition coefficient (Wildman–Crippen LogP) is 3.91. The lowest BCUT2D eigenvalue weighted by Gasteiger charge is -2.19. The summed E-state index contributed by atoms with van der Waals surface area (Å²) >= 11 is 6.75. The Hall–Kier alpha value is -1.99. The molecule has 7 heteroatoms. The van der Waals surface area contributed by atoms with Gasteiger partial charge < -0.3 is 14.4 Å². The molecule has 0 atom stereocenters. The Morgan fingerprint density at radius 2 is 2.16 bits per heavy atom. The Morgan fingerprint density at radius 3 is 2.72 bits per heavy atom. The van der Waals surface area contributed by atoms with Crippen molar-refractivity contribution in [2.75, 3.05) is 25.6 Å². The van der Waals surface area contributed by atoms with Gasteiger partial charge >= 0.3 is 0 Å². The molecule has 1 aromatic carbocycles. The fourth-order valence-electron chi connectivity index (χ4n) is 2.76. The Labute approximate surface area is 157 Å². The van der Waals surface area contributed by atoms with E-state index in [9.17, 15) is 4.79 Å². The Bertz CT molecular complexity index is 802. The zero-order valence-corrected chi connectivity index (χ0v) is 16.3. The molecule has 3 rings (SSSR count). The van der Waals surface area contributed by atoms with Gasteiger partial charge in [0.05, 0.1) is 17.8 Å². The number of nitrogens with zero attached hydrogens (tertiary/aromatic N) is 2. The minimum atomic E-state index is -0.191. The van der Waals surface area contributed by atoms with Gasteiger partial charge in [-0.3, -0.25) is 9.69 Å². The van der Waals surface area contributed by atoms with Crippen LogP contribution in [-0.4, -0.2) is 36.7 Å². The maximum Gasteiger partial charge on any atom is 0.297 e. The van der Waals surface area contributed by atoms with Crippen LogP contribution < -0.4 is 9.64 Å². The number of ether oxygens (including phenoxy) is 2. The highest BCUT2D eigenvalue weighted by molar-refractivity contribution is 8.03. The number of methoxy groups -OCH3 is 1. The van der Waals surface area contributed by atoms with Crippen molar-refractivity contribution in [1.29, 1.82) is 0 Å². The van der Waals surface area contributed by atoms with E-state index in [0.717, 1.165) is 28.6 Å². The molecule has 1 aromatic rings. The maximum absolute atomic E-state index is 12.3. The number of benzene rings is 1. The minimum absolute atomic E-state index is 0.191. The van der Waals surface area contributed by atoms with Crippen molar-refractivity contribution in [3.63, 3.8) is 0 Å². The Balaban J connectivity index is 2.00. The summed E-state index contributed by atoms with van der Waals surface area (Å²) in [6.45, 7) is 4.92. The number of thioether (sulfide) groups is 1. The van der Waals surface area contributed by atoms with Gasteiger partial charge in [0.2, 0.25) is 0 Å². The van der Waals surface area contributed by atoms with Gasteiger partial charge in [0.1, 0.15) is 5.75 Å². The molecule has 0 N–H and O–H groups in total. The zero-order valence-electron chi connectivity index (χ0n) is 14.7. The number of likely N-dealkylation sites (N-methyl/N-ethyl adjacent to an activating group) is 1. The first-order valence-electron chi connectivity index (χ1n) is 8.08. The molecule has 1 saturated heterocycles. The number of rotatable bonds is 4. The van der Waals surface area contributed by atoms with Crippen molar-refractivity contribution >= 4 is 40.7 Å². The van der Waals surface area contributed by atoms with Crippen molar-refractivity contribution in [3.8, 4) is 5.75 Å². The number of hydrogen-bond acceptors (Lipinski definition) is 6. The van der Waals surface area contributed by atoms with Crippen molar-refractivity contribution in [1.82, 2.24) is 4.90 Å². The monoisotopic (exact) mass is 376 g/mol. The summed E-state index contributed by atoms with van der Waals surface area (Å²) < 4.78 is 10.9. The lowest BCUT2D eigenvalue weighted by Crippen LogP contribution is -2.23. The van der Waals surface area contributed by atoms with Gasteiger partial charge in [0.25, 0.3) is 11.1 Å². The standard InChI is InChI=1S/C18H20N2O3S2/c1-5-11(16-17(21)19(3)18(24)23-16)9-15-20(6-2)13-10-12(22-4)7-8-14(13)25-15/h7-10H,5-6H2,1-4H3/b15-9-,16-11+. The Kier molecular flexibility index (Phi) is 5.06. The molecule has 0 bridgehead atoms. The summed E-state index contributed by atoms with van der Waals surface area (Å²) in [5, 5.41) is 1.26. The number of amides is 1. The van der Waals surface area contributed by atoms with E-state index in [2.05, 4.69) is 17.9 Å². The Morgan fingerprint density at radius 1 is 1.40 bits per heavy atom. The third-order valence-corrected chi connectivity index (χ3v) is 5.66.